The fourth-order valence-corrected chi connectivity index (χ4v) is 7.62. The van der Waals surface area contributed by atoms with Crippen LogP contribution in [0.15, 0.2) is 106 Å². The molecule has 0 spiro atoms. The van der Waals surface area contributed by atoms with E-state index in [4.69, 9.17) is 33.9 Å². The first kappa shape index (κ1) is 44.0. The highest BCUT2D eigenvalue weighted by Gasteiger charge is 2.49. The summed E-state index contributed by atoms with van der Waals surface area (Å²) >= 11 is 17.3. The third kappa shape index (κ3) is 10.4. The van der Waals surface area contributed by atoms with Gasteiger partial charge in [0.1, 0.15) is 11.6 Å². The Labute approximate surface area is 345 Å². The van der Waals surface area contributed by atoms with Gasteiger partial charge in [-0.05, 0) is 85.1 Å². The minimum absolute atomic E-state index is 0. The van der Waals surface area contributed by atoms with Crippen LogP contribution in [0.25, 0.3) is 0 Å². The van der Waals surface area contributed by atoms with E-state index in [0.29, 0.717) is 31.2 Å². The highest BCUT2D eigenvalue weighted by molar-refractivity contribution is 9.10. The standard InChI is InChI=1S/2C19H18BrFN2O3S.CH4/c2*20-14-6-7-16(21)15(8-14)19(11-26-10-13(19)9-24)23-18(27)22-17(25)12-4-2-1-3-5-12;/h2*1-8,13,24H,9-11H2,(H2,22,23,25,27);1H4/t2*13-,19+;/m10./s1. The molecule has 4 aromatic carbocycles. The van der Waals surface area contributed by atoms with E-state index >= 15 is 0 Å². The lowest BCUT2D eigenvalue weighted by Crippen LogP contribution is -2.56. The molecule has 2 saturated heterocycles. The fraction of sp³-hybridized carbons (Fsp3) is 0.282. The molecule has 2 amide bonds. The Morgan fingerprint density at radius 3 is 1.38 bits per heavy atom. The Bertz CT molecular complexity index is 1850. The Kier molecular flexibility index (Phi) is 15.9. The van der Waals surface area contributed by atoms with Crippen molar-refractivity contribution in [3.8, 4) is 0 Å². The number of amides is 2. The summed E-state index contributed by atoms with van der Waals surface area (Å²) in [4.78, 5) is 24.7. The van der Waals surface area contributed by atoms with Gasteiger partial charge in [0.15, 0.2) is 10.2 Å². The van der Waals surface area contributed by atoms with Crippen LogP contribution in [0.5, 0.6) is 0 Å². The fourth-order valence-electron chi connectivity index (χ4n) is 6.34. The normalized spacial score (nSPS) is 21.3. The summed E-state index contributed by atoms with van der Waals surface area (Å²) in [5.41, 5.74) is -0.668. The lowest BCUT2D eigenvalue weighted by Gasteiger charge is -2.36. The van der Waals surface area contributed by atoms with E-state index in [2.05, 4.69) is 53.1 Å². The molecule has 0 unspecified atom stereocenters. The van der Waals surface area contributed by atoms with Crippen LogP contribution in [0.3, 0.4) is 0 Å². The van der Waals surface area contributed by atoms with Gasteiger partial charge in [0, 0.05) is 43.0 Å². The van der Waals surface area contributed by atoms with E-state index < -0.39 is 34.5 Å². The van der Waals surface area contributed by atoms with Gasteiger partial charge in [0.25, 0.3) is 11.8 Å². The number of rotatable bonds is 8. The van der Waals surface area contributed by atoms with E-state index in [-0.39, 0.29) is 69.1 Å². The first-order chi connectivity index (χ1) is 25.9. The van der Waals surface area contributed by atoms with Crippen molar-refractivity contribution in [2.75, 3.05) is 39.6 Å². The molecule has 2 fully saturated rings. The predicted octanol–water partition coefficient (Wildman–Crippen LogP) is 6.09. The van der Waals surface area contributed by atoms with Crippen molar-refractivity contribution in [2.45, 2.75) is 18.5 Å². The highest BCUT2D eigenvalue weighted by Crippen LogP contribution is 2.39. The molecule has 2 aliphatic heterocycles. The third-order valence-electron chi connectivity index (χ3n) is 9.15. The second-order valence-corrected chi connectivity index (χ2v) is 15.2. The van der Waals surface area contributed by atoms with Crippen LogP contribution >= 0.6 is 56.3 Å². The van der Waals surface area contributed by atoms with Crippen LogP contribution in [-0.4, -0.2) is 71.9 Å². The van der Waals surface area contributed by atoms with Crippen LogP contribution in [0.2, 0.25) is 0 Å². The summed E-state index contributed by atoms with van der Waals surface area (Å²) in [7, 11) is 0. The molecule has 292 valence electrons. The van der Waals surface area contributed by atoms with E-state index in [9.17, 15) is 28.6 Å². The van der Waals surface area contributed by atoms with Crippen LogP contribution in [-0.2, 0) is 20.6 Å². The monoisotopic (exact) mass is 920 g/mol. The summed E-state index contributed by atoms with van der Waals surface area (Å²) < 4.78 is 41.7. The van der Waals surface area contributed by atoms with Crippen molar-refractivity contribution >= 4 is 78.3 Å². The number of carbonyl (C=O) groups is 2. The Balaban J connectivity index is 0.000000240. The van der Waals surface area contributed by atoms with E-state index in [1.165, 1.54) is 12.1 Å². The molecule has 0 radical (unpaired) electrons. The third-order valence-corrected chi connectivity index (χ3v) is 10.5. The molecule has 4 aromatic rings. The Morgan fingerprint density at radius 1 is 0.673 bits per heavy atom. The quantitative estimate of drug-likeness (QED) is 0.115. The number of hydrogen-bond donors (Lipinski definition) is 6. The molecule has 0 aromatic heterocycles. The maximum Gasteiger partial charge on any atom is 0.257 e. The molecule has 2 heterocycles. The summed E-state index contributed by atoms with van der Waals surface area (Å²) in [6, 6.07) is 26.4. The number of aliphatic hydroxyl groups is 2. The van der Waals surface area contributed by atoms with Crippen molar-refractivity contribution in [2.24, 2.45) is 11.8 Å². The zero-order valence-corrected chi connectivity index (χ0v) is 33.3. The zero-order chi connectivity index (χ0) is 38.9. The number of aliphatic hydroxyl groups excluding tert-OH is 2. The largest absolute Gasteiger partial charge is 0.396 e. The van der Waals surface area contributed by atoms with Gasteiger partial charge in [-0.25, -0.2) is 8.78 Å². The van der Waals surface area contributed by atoms with Gasteiger partial charge in [-0.1, -0.05) is 75.7 Å². The van der Waals surface area contributed by atoms with Crippen LogP contribution in [0.1, 0.15) is 39.3 Å². The average molecular weight is 923 g/mol. The van der Waals surface area contributed by atoms with Crippen LogP contribution in [0.4, 0.5) is 8.78 Å². The van der Waals surface area contributed by atoms with Gasteiger partial charge < -0.3 is 30.3 Å². The number of thiocarbonyl (C=S) groups is 2. The van der Waals surface area contributed by atoms with Crippen molar-refractivity contribution in [1.82, 2.24) is 21.3 Å². The van der Waals surface area contributed by atoms with Gasteiger partial charge in [-0.3, -0.25) is 20.2 Å². The van der Waals surface area contributed by atoms with Crippen LogP contribution < -0.4 is 21.3 Å². The smallest absolute Gasteiger partial charge is 0.257 e. The first-order valence-electron chi connectivity index (χ1n) is 16.6. The molecule has 0 saturated carbocycles. The second-order valence-electron chi connectivity index (χ2n) is 12.5. The second kappa shape index (κ2) is 19.9. The molecular formula is C39H40Br2F2N4O6S2. The molecule has 16 heteroatoms. The topological polar surface area (TPSA) is 141 Å². The van der Waals surface area contributed by atoms with Gasteiger partial charge in [0.05, 0.1) is 50.7 Å². The molecular weight excluding hydrogens is 882 g/mol. The lowest BCUT2D eigenvalue weighted by atomic mass is 9.80. The molecule has 0 bridgehead atoms. The number of benzene rings is 4. The SMILES string of the molecule is C.O=C(NC(=S)N[C@@]1(c2cc(Br)ccc2F)COC[C@H]1CO)c1ccccc1.O=C(NC(=S)N[C@]1(c2cc(Br)ccc2F)COC[C@@H]1CO)c1ccccc1. The number of carbonyl (C=O) groups excluding carboxylic acids is 2. The van der Waals surface area contributed by atoms with Crippen molar-refractivity contribution < 1.29 is 38.1 Å². The minimum atomic E-state index is -1.09. The molecule has 10 nitrogen and oxygen atoms in total. The van der Waals surface area contributed by atoms with Gasteiger partial charge in [-0.15, -0.1) is 0 Å². The molecule has 0 aliphatic carbocycles. The van der Waals surface area contributed by atoms with Crippen LogP contribution in [0, 0.1) is 23.5 Å². The Morgan fingerprint density at radius 2 is 1.04 bits per heavy atom. The number of hydrogen-bond acceptors (Lipinski definition) is 8. The zero-order valence-electron chi connectivity index (χ0n) is 28.5. The minimum Gasteiger partial charge on any atom is -0.396 e. The maximum atomic E-state index is 14.6. The molecule has 4 atom stereocenters. The molecule has 55 heavy (non-hydrogen) atoms. The predicted molar refractivity (Wildman–Crippen MR) is 220 cm³/mol. The van der Waals surface area contributed by atoms with E-state index in [1.54, 1.807) is 84.9 Å². The van der Waals surface area contributed by atoms with Gasteiger partial charge >= 0.3 is 0 Å². The summed E-state index contributed by atoms with van der Waals surface area (Å²) in [5, 5.41) is 31.0. The molecule has 6 N–H and O–H groups in total. The van der Waals surface area contributed by atoms with E-state index in [0.717, 1.165) is 0 Å². The number of ether oxygens (including phenoxy) is 2. The van der Waals surface area contributed by atoms with Crippen molar-refractivity contribution in [3.05, 3.63) is 140 Å². The molecule has 6 rings (SSSR count). The first-order valence-corrected chi connectivity index (χ1v) is 19.0. The van der Waals surface area contributed by atoms with Crippen molar-refractivity contribution in [3.63, 3.8) is 0 Å². The highest BCUT2D eigenvalue weighted by atomic mass is 79.9. The lowest BCUT2D eigenvalue weighted by molar-refractivity contribution is 0.0966. The molecule has 2 aliphatic rings. The van der Waals surface area contributed by atoms with Gasteiger partial charge in [0.2, 0.25) is 0 Å². The Hall–Kier alpha value is -3.74. The summed E-state index contributed by atoms with van der Waals surface area (Å²) in [6.07, 6.45) is 0. The summed E-state index contributed by atoms with van der Waals surface area (Å²) in [6.45, 7) is 0.234. The van der Waals surface area contributed by atoms with Gasteiger partial charge in [-0.2, -0.15) is 0 Å². The summed E-state index contributed by atoms with van der Waals surface area (Å²) in [5.74, 6) is -2.53. The van der Waals surface area contributed by atoms with E-state index in [1.807, 2.05) is 0 Å². The van der Waals surface area contributed by atoms with Crippen molar-refractivity contribution in [1.29, 1.82) is 0 Å². The number of nitrogens with one attached hydrogen (secondary N) is 4. The number of halogens is 4. The average Bonchev–Trinajstić information content (AvgIpc) is 3.78. The maximum absolute atomic E-state index is 14.6.